The first kappa shape index (κ1) is 11.0. The van der Waals surface area contributed by atoms with E-state index in [2.05, 4.69) is 0 Å². The highest BCUT2D eigenvalue weighted by molar-refractivity contribution is 5.92. The molecule has 0 spiro atoms. The second kappa shape index (κ2) is 4.53. The van der Waals surface area contributed by atoms with Gasteiger partial charge in [0.05, 0.1) is 0 Å². The molecule has 1 aromatic carbocycles. The van der Waals surface area contributed by atoms with Gasteiger partial charge in [-0.05, 0) is 43.5 Å². The van der Waals surface area contributed by atoms with Crippen molar-refractivity contribution in [2.24, 2.45) is 11.5 Å². The van der Waals surface area contributed by atoms with Gasteiger partial charge in [0.25, 0.3) is 0 Å². The maximum atomic E-state index is 10.9. The van der Waals surface area contributed by atoms with E-state index in [0.717, 1.165) is 25.0 Å². The van der Waals surface area contributed by atoms with E-state index in [4.69, 9.17) is 16.2 Å². The van der Waals surface area contributed by atoms with Crippen LogP contribution in [0.1, 0.15) is 29.6 Å². The Balaban J connectivity index is 1.97. The van der Waals surface area contributed by atoms with Crippen LogP contribution in [-0.2, 0) is 0 Å². The van der Waals surface area contributed by atoms with Gasteiger partial charge in [0.1, 0.15) is 11.9 Å². The zero-order valence-corrected chi connectivity index (χ0v) is 9.06. The molecule has 1 amide bonds. The summed E-state index contributed by atoms with van der Waals surface area (Å²) in [5, 5.41) is 0. The molecular weight excluding hydrogens is 204 g/mol. The van der Waals surface area contributed by atoms with Crippen LogP contribution in [0.3, 0.4) is 0 Å². The van der Waals surface area contributed by atoms with Crippen molar-refractivity contribution in [2.45, 2.75) is 31.4 Å². The Morgan fingerprint density at radius 3 is 2.44 bits per heavy atom. The molecular formula is C12H16N2O2. The Kier molecular flexibility index (Phi) is 3.10. The molecule has 1 saturated carbocycles. The van der Waals surface area contributed by atoms with E-state index in [9.17, 15) is 4.79 Å². The molecule has 86 valence electrons. The molecule has 1 aromatic rings. The largest absolute Gasteiger partial charge is 0.490 e. The van der Waals surface area contributed by atoms with Gasteiger partial charge in [-0.1, -0.05) is 0 Å². The number of primary amides is 1. The van der Waals surface area contributed by atoms with E-state index in [1.165, 1.54) is 0 Å². The Bertz CT molecular complexity index is 375. The summed E-state index contributed by atoms with van der Waals surface area (Å²) in [4.78, 5) is 10.9. The predicted octanol–water partition coefficient (Wildman–Crippen LogP) is 1.04. The van der Waals surface area contributed by atoms with Gasteiger partial charge in [-0.2, -0.15) is 0 Å². The number of carbonyl (C=O) groups is 1. The summed E-state index contributed by atoms with van der Waals surface area (Å²) in [5.41, 5.74) is 11.4. The van der Waals surface area contributed by atoms with Crippen molar-refractivity contribution in [2.75, 3.05) is 0 Å². The SMILES string of the molecule is NC(=O)c1ccc(OC2CCC(N)C2)cc1. The maximum absolute atomic E-state index is 10.9. The Labute approximate surface area is 94.6 Å². The summed E-state index contributed by atoms with van der Waals surface area (Å²) in [7, 11) is 0. The van der Waals surface area contributed by atoms with Crippen LogP contribution in [0.5, 0.6) is 5.75 Å². The van der Waals surface area contributed by atoms with Crippen LogP contribution in [0.25, 0.3) is 0 Å². The number of hydrogen-bond donors (Lipinski definition) is 2. The Hall–Kier alpha value is -1.55. The lowest BCUT2D eigenvalue weighted by Crippen LogP contribution is -2.19. The zero-order valence-electron chi connectivity index (χ0n) is 9.06. The third-order valence-corrected chi connectivity index (χ3v) is 2.87. The number of ether oxygens (including phenoxy) is 1. The average Bonchev–Trinajstić information content (AvgIpc) is 2.65. The summed E-state index contributed by atoms with van der Waals surface area (Å²) < 4.78 is 5.75. The monoisotopic (exact) mass is 220 g/mol. The highest BCUT2D eigenvalue weighted by Gasteiger charge is 2.23. The van der Waals surface area contributed by atoms with Crippen LogP contribution in [-0.4, -0.2) is 18.1 Å². The molecule has 1 fully saturated rings. The minimum atomic E-state index is -0.422. The van der Waals surface area contributed by atoms with E-state index >= 15 is 0 Å². The molecule has 16 heavy (non-hydrogen) atoms. The van der Waals surface area contributed by atoms with Crippen LogP contribution in [0.2, 0.25) is 0 Å². The third kappa shape index (κ3) is 2.52. The predicted molar refractivity (Wildman–Crippen MR) is 61.2 cm³/mol. The van der Waals surface area contributed by atoms with Crippen molar-refractivity contribution in [1.29, 1.82) is 0 Å². The summed E-state index contributed by atoms with van der Waals surface area (Å²) in [6, 6.07) is 7.14. The average molecular weight is 220 g/mol. The number of rotatable bonds is 3. The number of nitrogens with two attached hydrogens (primary N) is 2. The first-order valence-electron chi connectivity index (χ1n) is 5.47. The van der Waals surface area contributed by atoms with Gasteiger partial charge in [-0.15, -0.1) is 0 Å². The van der Waals surface area contributed by atoms with Gasteiger partial charge in [0, 0.05) is 11.6 Å². The molecule has 4 heteroatoms. The number of carbonyl (C=O) groups excluding carboxylic acids is 1. The molecule has 2 unspecified atom stereocenters. The topological polar surface area (TPSA) is 78.3 Å². The molecule has 1 aliphatic carbocycles. The summed E-state index contributed by atoms with van der Waals surface area (Å²) in [5.74, 6) is 0.346. The lowest BCUT2D eigenvalue weighted by molar-refractivity contribution is 0.100. The van der Waals surface area contributed by atoms with Crippen molar-refractivity contribution >= 4 is 5.91 Å². The smallest absolute Gasteiger partial charge is 0.248 e. The van der Waals surface area contributed by atoms with Gasteiger partial charge < -0.3 is 16.2 Å². The standard InChI is InChI=1S/C12H16N2O2/c13-9-3-6-11(7-9)16-10-4-1-8(2-5-10)12(14)15/h1-2,4-5,9,11H,3,6-7,13H2,(H2,14,15). The summed E-state index contributed by atoms with van der Waals surface area (Å²) >= 11 is 0. The Morgan fingerprint density at radius 1 is 1.25 bits per heavy atom. The molecule has 4 N–H and O–H groups in total. The molecule has 0 aliphatic heterocycles. The fourth-order valence-electron chi connectivity index (χ4n) is 1.97. The van der Waals surface area contributed by atoms with Gasteiger partial charge in [0.15, 0.2) is 0 Å². The van der Waals surface area contributed by atoms with Gasteiger partial charge >= 0.3 is 0 Å². The van der Waals surface area contributed by atoms with Crippen LogP contribution >= 0.6 is 0 Å². The fourth-order valence-corrected chi connectivity index (χ4v) is 1.97. The van der Waals surface area contributed by atoms with E-state index in [0.29, 0.717) is 5.56 Å². The normalized spacial score (nSPS) is 24.3. The van der Waals surface area contributed by atoms with Crippen LogP contribution < -0.4 is 16.2 Å². The minimum absolute atomic E-state index is 0.203. The van der Waals surface area contributed by atoms with E-state index in [-0.39, 0.29) is 12.1 Å². The number of amides is 1. The lowest BCUT2D eigenvalue weighted by atomic mass is 10.2. The Morgan fingerprint density at radius 2 is 1.94 bits per heavy atom. The zero-order chi connectivity index (χ0) is 11.5. The minimum Gasteiger partial charge on any atom is -0.490 e. The number of hydrogen-bond acceptors (Lipinski definition) is 3. The molecule has 4 nitrogen and oxygen atoms in total. The lowest BCUT2D eigenvalue weighted by Gasteiger charge is -2.13. The maximum Gasteiger partial charge on any atom is 0.248 e. The molecule has 1 aliphatic rings. The van der Waals surface area contributed by atoms with Crippen molar-refractivity contribution in [1.82, 2.24) is 0 Å². The second-order valence-electron chi connectivity index (χ2n) is 4.20. The summed E-state index contributed by atoms with van der Waals surface area (Å²) in [6.45, 7) is 0. The van der Waals surface area contributed by atoms with Crippen LogP contribution in [0, 0.1) is 0 Å². The quantitative estimate of drug-likeness (QED) is 0.799. The van der Waals surface area contributed by atoms with Crippen molar-refractivity contribution in [3.05, 3.63) is 29.8 Å². The molecule has 2 atom stereocenters. The molecule has 0 saturated heterocycles. The van der Waals surface area contributed by atoms with Gasteiger partial charge in [0.2, 0.25) is 5.91 Å². The van der Waals surface area contributed by atoms with Gasteiger partial charge in [-0.25, -0.2) is 0 Å². The molecule has 0 heterocycles. The van der Waals surface area contributed by atoms with E-state index in [1.807, 2.05) is 0 Å². The summed E-state index contributed by atoms with van der Waals surface area (Å²) in [6.07, 6.45) is 3.12. The highest BCUT2D eigenvalue weighted by Crippen LogP contribution is 2.23. The molecule has 0 radical (unpaired) electrons. The van der Waals surface area contributed by atoms with E-state index < -0.39 is 5.91 Å². The molecule has 2 rings (SSSR count). The first-order valence-corrected chi connectivity index (χ1v) is 5.47. The van der Waals surface area contributed by atoms with Crippen molar-refractivity contribution in [3.63, 3.8) is 0 Å². The second-order valence-corrected chi connectivity index (χ2v) is 4.20. The highest BCUT2D eigenvalue weighted by atomic mass is 16.5. The first-order chi connectivity index (χ1) is 7.65. The fraction of sp³-hybridized carbons (Fsp3) is 0.417. The van der Waals surface area contributed by atoms with Gasteiger partial charge in [-0.3, -0.25) is 4.79 Å². The van der Waals surface area contributed by atoms with Crippen LogP contribution in [0.4, 0.5) is 0 Å². The van der Waals surface area contributed by atoms with Crippen molar-refractivity contribution < 1.29 is 9.53 Å². The number of benzene rings is 1. The van der Waals surface area contributed by atoms with E-state index in [1.54, 1.807) is 24.3 Å². The van der Waals surface area contributed by atoms with Crippen LogP contribution in [0.15, 0.2) is 24.3 Å². The molecule has 0 aromatic heterocycles. The van der Waals surface area contributed by atoms with Crippen molar-refractivity contribution in [3.8, 4) is 5.75 Å². The third-order valence-electron chi connectivity index (χ3n) is 2.87. The molecule has 0 bridgehead atoms.